The van der Waals surface area contributed by atoms with Gasteiger partial charge in [-0.2, -0.15) is 0 Å². The number of hydrogen-bond donors (Lipinski definition) is 1. The van der Waals surface area contributed by atoms with Crippen molar-refractivity contribution < 1.29 is 4.74 Å². The molecule has 2 aromatic rings. The minimum Gasteiger partial charge on any atom is -0.489 e. The molecule has 1 heterocycles. The fourth-order valence-electron chi connectivity index (χ4n) is 1.49. The second kappa shape index (κ2) is 5.66. The summed E-state index contributed by atoms with van der Waals surface area (Å²) >= 11 is 5.89. The number of benzene rings is 1. The number of aromatic nitrogens is 1. The van der Waals surface area contributed by atoms with Gasteiger partial charge in [0.1, 0.15) is 12.4 Å². The van der Waals surface area contributed by atoms with E-state index < -0.39 is 0 Å². The van der Waals surface area contributed by atoms with Gasteiger partial charge in [-0.05, 0) is 35.9 Å². The topological polar surface area (TPSA) is 48.1 Å². The van der Waals surface area contributed by atoms with E-state index in [1.807, 2.05) is 24.3 Å². The van der Waals surface area contributed by atoms with Gasteiger partial charge in [0, 0.05) is 29.5 Å². The summed E-state index contributed by atoms with van der Waals surface area (Å²) in [5, 5.41) is 0.668. The molecule has 0 fully saturated rings. The number of rotatable bonds is 4. The first-order chi connectivity index (χ1) is 8.29. The average molecular weight is 249 g/mol. The van der Waals surface area contributed by atoms with Crippen molar-refractivity contribution in [1.82, 2.24) is 4.98 Å². The maximum Gasteiger partial charge on any atom is 0.124 e. The summed E-state index contributed by atoms with van der Waals surface area (Å²) in [6.45, 7) is 0.906. The van der Waals surface area contributed by atoms with Gasteiger partial charge in [0.05, 0.1) is 0 Å². The lowest BCUT2D eigenvalue weighted by atomic mass is 10.2. The summed E-state index contributed by atoms with van der Waals surface area (Å²) in [6.07, 6.45) is 3.48. The van der Waals surface area contributed by atoms with Gasteiger partial charge in [-0.15, -0.1) is 0 Å². The molecule has 3 nitrogen and oxygen atoms in total. The second-order valence-corrected chi connectivity index (χ2v) is 4.04. The Balaban J connectivity index is 2.09. The van der Waals surface area contributed by atoms with E-state index in [1.54, 1.807) is 18.5 Å². The van der Waals surface area contributed by atoms with E-state index >= 15 is 0 Å². The molecule has 0 aliphatic carbocycles. The van der Waals surface area contributed by atoms with Crippen molar-refractivity contribution >= 4 is 11.6 Å². The normalized spacial score (nSPS) is 10.2. The lowest BCUT2D eigenvalue weighted by Crippen LogP contribution is -2.02. The molecule has 2 rings (SSSR count). The minimum absolute atomic E-state index is 0.409. The lowest BCUT2D eigenvalue weighted by Gasteiger charge is -2.10. The van der Waals surface area contributed by atoms with Crippen LogP contribution in [0.3, 0.4) is 0 Å². The number of pyridine rings is 1. The van der Waals surface area contributed by atoms with Gasteiger partial charge in [-0.25, -0.2) is 0 Å². The van der Waals surface area contributed by atoms with Crippen molar-refractivity contribution in [2.45, 2.75) is 13.2 Å². The van der Waals surface area contributed by atoms with E-state index in [1.165, 1.54) is 0 Å². The Morgan fingerprint density at radius 1 is 1.18 bits per heavy atom. The van der Waals surface area contributed by atoms with Crippen molar-refractivity contribution in [3.8, 4) is 5.75 Å². The van der Waals surface area contributed by atoms with Gasteiger partial charge in [0.25, 0.3) is 0 Å². The van der Waals surface area contributed by atoms with Crippen molar-refractivity contribution in [2.24, 2.45) is 5.73 Å². The number of halogens is 1. The molecule has 0 saturated heterocycles. The van der Waals surface area contributed by atoms with E-state index in [2.05, 4.69) is 4.98 Å². The molecule has 1 aromatic heterocycles. The second-order valence-electron chi connectivity index (χ2n) is 3.60. The average Bonchev–Trinajstić information content (AvgIpc) is 2.38. The van der Waals surface area contributed by atoms with Gasteiger partial charge in [-0.1, -0.05) is 11.6 Å². The molecule has 17 heavy (non-hydrogen) atoms. The van der Waals surface area contributed by atoms with E-state index in [-0.39, 0.29) is 0 Å². The van der Waals surface area contributed by atoms with Crippen molar-refractivity contribution in [2.75, 3.05) is 0 Å². The Morgan fingerprint density at radius 2 is 1.94 bits per heavy atom. The molecule has 0 bridgehead atoms. The number of nitrogens with two attached hydrogens (primary N) is 1. The van der Waals surface area contributed by atoms with Gasteiger partial charge in [-0.3, -0.25) is 4.98 Å². The first-order valence-corrected chi connectivity index (χ1v) is 5.67. The number of hydrogen-bond acceptors (Lipinski definition) is 3. The molecule has 2 N–H and O–H groups in total. The maximum atomic E-state index is 5.89. The first-order valence-electron chi connectivity index (χ1n) is 5.30. The molecule has 0 atom stereocenters. The fourth-order valence-corrected chi connectivity index (χ4v) is 1.68. The van der Waals surface area contributed by atoms with Crippen LogP contribution in [0.4, 0.5) is 0 Å². The monoisotopic (exact) mass is 248 g/mol. The highest BCUT2D eigenvalue weighted by atomic mass is 35.5. The Morgan fingerprint density at radius 3 is 2.65 bits per heavy atom. The molecule has 0 amide bonds. The largest absolute Gasteiger partial charge is 0.489 e. The van der Waals surface area contributed by atoms with Crippen LogP contribution in [-0.4, -0.2) is 4.98 Å². The highest BCUT2D eigenvalue weighted by molar-refractivity contribution is 6.30. The Hall–Kier alpha value is -1.58. The lowest BCUT2D eigenvalue weighted by molar-refractivity contribution is 0.303. The van der Waals surface area contributed by atoms with Crippen LogP contribution >= 0.6 is 11.6 Å². The van der Waals surface area contributed by atoms with Crippen LogP contribution in [0.15, 0.2) is 42.7 Å². The third-order valence-electron chi connectivity index (χ3n) is 2.39. The predicted molar refractivity (Wildman–Crippen MR) is 67.9 cm³/mol. The molecule has 0 saturated carbocycles. The first kappa shape index (κ1) is 11.9. The fraction of sp³-hybridized carbons (Fsp3) is 0.154. The summed E-state index contributed by atoms with van der Waals surface area (Å²) in [4.78, 5) is 3.95. The van der Waals surface area contributed by atoms with Crippen LogP contribution in [0, 0.1) is 0 Å². The molecule has 4 heteroatoms. The molecule has 0 aliphatic rings. The number of ether oxygens (including phenoxy) is 1. The third kappa shape index (κ3) is 3.19. The molecule has 0 aliphatic heterocycles. The van der Waals surface area contributed by atoms with E-state index in [4.69, 9.17) is 22.1 Å². The Bertz CT molecular complexity index is 488. The molecule has 0 radical (unpaired) electrons. The van der Waals surface area contributed by atoms with Crippen LogP contribution in [-0.2, 0) is 13.2 Å². The summed E-state index contributed by atoms with van der Waals surface area (Å²) in [7, 11) is 0. The van der Waals surface area contributed by atoms with Gasteiger partial charge >= 0.3 is 0 Å². The molecular weight excluding hydrogens is 236 g/mol. The summed E-state index contributed by atoms with van der Waals surface area (Å²) in [5.74, 6) is 0.772. The van der Waals surface area contributed by atoms with Gasteiger partial charge in [0.15, 0.2) is 0 Å². The zero-order valence-electron chi connectivity index (χ0n) is 9.27. The Kier molecular flexibility index (Phi) is 3.96. The number of nitrogens with zero attached hydrogens (tertiary/aromatic N) is 1. The van der Waals surface area contributed by atoms with E-state index in [0.717, 1.165) is 16.9 Å². The zero-order chi connectivity index (χ0) is 12.1. The van der Waals surface area contributed by atoms with Crippen LogP contribution in [0.1, 0.15) is 11.1 Å². The highest BCUT2D eigenvalue weighted by Crippen LogP contribution is 2.23. The Labute approximate surface area is 105 Å². The molecule has 88 valence electrons. The van der Waals surface area contributed by atoms with E-state index in [9.17, 15) is 0 Å². The summed E-state index contributed by atoms with van der Waals surface area (Å²) in [6, 6.07) is 9.29. The summed E-state index contributed by atoms with van der Waals surface area (Å²) < 4.78 is 5.70. The molecule has 1 aromatic carbocycles. The van der Waals surface area contributed by atoms with E-state index in [0.29, 0.717) is 18.2 Å². The molecule has 0 unspecified atom stereocenters. The van der Waals surface area contributed by atoms with Gasteiger partial charge < -0.3 is 10.5 Å². The zero-order valence-corrected chi connectivity index (χ0v) is 10.0. The predicted octanol–water partition coefficient (Wildman–Crippen LogP) is 2.77. The van der Waals surface area contributed by atoms with Gasteiger partial charge in [0.2, 0.25) is 0 Å². The van der Waals surface area contributed by atoms with Crippen LogP contribution in [0.2, 0.25) is 5.02 Å². The standard InChI is InChI=1S/C13H13ClN2O/c14-12-1-2-13(11(7-12)8-15)17-9-10-3-5-16-6-4-10/h1-7H,8-9,15H2. The highest BCUT2D eigenvalue weighted by Gasteiger charge is 2.03. The SMILES string of the molecule is NCc1cc(Cl)ccc1OCc1ccncc1. The molecule has 0 spiro atoms. The van der Waals surface area contributed by atoms with Crippen molar-refractivity contribution in [3.63, 3.8) is 0 Å². The van der Waals surface area contributed by atoms with Crippen molar-refractivity contribution in [1.29, 1.82) is 0 Å². The van der Waals surface area contributed by atoms with Crippen molar-refractivity contribution in [3.05, 3.63) is 58.9 Å². The van der Waals surface area contributed by atoms with Crippen LogP contribution in [0.25, 0.3) is 0 Å². The van der Waals surface area contributed by atoms with Crippen LogP contribution in [0.5, 0.6) is 5.75 Å². The molecular formula is C13H13ClN2O. The minimum atomic E-state index is 0.409. The smallest absolute Gasteiger partial charge is 0.124 e. The van der Waals surface area contributed by atoms with Crippen LogP contribution < -0.4 is 10.5 Å². The quantitative estimate of drug-likeness (QED) is 0.905. The summed E-state index contributed by atoms with van der Waals surface area (Å²) in [5.41, 5.74) is 7.62. The maximum absolute atomic E-state index is 5.89. The third-order valence-corrected chi connectivity index (χ3v) is 2.62.